The molecule has 0 atom stereocenters. The average Bonchev–Trinajstić information content (AvgIpc) is 3.16. The van der Waals surface area contributed by atoms with Crippen LogP contribution in [-0.4, -0.2) is 59.7 Å². The lowest BCUT2D eigenvalue weighted by molar-refractivity contribution is 0.198. The van der Waals surface area contributed by atoms with Crippen molar-refractivity contribution in [1.82, 2.24) is 14.4 Å². The van der Waals surface area contributed by atoms with E-state index >= 15 is 0 Å². The average molecular weight is 438 g/mol. The highest BCUT2D eigenvalue weighted by atomic mass is 35.5. The van der Waals surface area contributed by atoms with Crippen molar-refractivity contribution in [3.63, 3.8) is 0 Å². The van der Waals surface area contributed by atoms with Crippen molar-refractivity contribution in [3.8, 4) is 0 Å². The van der Waals surface area contributed by atoms with Crippen LogP contribution < -0.4 is 10.2 Å². The van der Waals surface area contributed by atoms with Crippen LogP contribution in [0.15, 0.2) is 48.5 Å². The molecule has 3 heterocycles. The molecule has 31 heavy (non-hydrogen) atoms. The molecule has 2 aliphatic heterocycles. The number of piperazine rings is 1. The molecule has 3 aromatic rings. The van der Waals surface area contributed by atoms with Crippen molar-refractivity contribution >= 4 is 39.9 Å². The summed E-state index contributed by atoms with van der Waals surface area (Å²) in [5.41, 5.74) is 4.33. The number of urea groups is 1. The first-order valence-electron chi connectivity index (χ1n) is 11.0. The van der Waals surface area contributed by atoms with Crippen LogP contribution in [0.4, 0.5) is 16.2 Å². The van der Waals surface area contributed by atoms with Gasteiger partial charge < -0.3 is 24.6 Å². The maximum absolute atomic E-state index is 13.0. The number of hydrogen-bond donors (Lipinski definition) is 1. The van der Waals surface area contributed by atoms with Crippen molar-refractivity contribution in [1.29, 1.82) is 0 Å². The fourth-order valence-corrected chi connectivity index (χ4v) is 4.85. The van der Waals surface area contributed by atoms with Gasteiger partial charge in [-0.2, -0.15) is 0 Å². The van der Waals surface area contributed by atoms with Crippen molar-refractivity contribution in [2.75, 3.05) is 49.5 Å². The number of nitrogens with zero attached hydrogens (tertiary/aromatic N) is 4. The van der Waals surface area contributed by atoms with Crippen LogP contribution in [0.3, 0.4) is 0 Å². The van der Waals surface area contributed by atoms with Crippen molar-refractivity contribution < 1.29 is 4.79 Å². The lowest BCUT2D eigenvalue weighted by Crippen LogP contribution is -2.46. The summed E-state index contributed by atoms with van der Waals surface area (Å²) >= 11 is 6.15. The number of hydrogen-bond acceptors (Lipinski definition) is 3. The van der Waals surface area contributed by atoms with E-state index in [1.807, 2.05) is 29.2 Å². The Morgan fingerprint density at radius 2 is 1.84 bits per heavy atom. The van der Waals surface area contributed by atoms with Crippen LogP contribution >= 0.6 is 11.6 Å². The third-order valence-electron chi connectivity index (χ3n) is 6.46. The van der Waals surface area contributed by atoms with E-state index in [0.717, 1.165) is 61.1 Å². The van der Waals surface area contributed by atoms with Gasteiger partial charge in [0.15, 0.2) is 0 Å². The van der Waals surface area contributed by atoms with E-state index in [4.69, 9.17) is 11.6 Å². The summed E-state index contributed by atoms with van der Waals surface area (Å²) in [7, 11) is 0. The Kier molecular flexibility index (Phi) is 5.50. The quantitative estimate of drug-likeness (QED) is 0.656. The van der Waals surface area contributed by atoms with Gasteiger partial charge in [-0.3, -0.25) is 0 Å². The molecule has 1 N–H and O–H groups in total. The lowest BCUT2D eigenvalue weighted by Gasteiger charge is -2.35. The van der Waals surface area contributed by atoms with Crippen molar-refractivity contribution in [2.45, 2.75) is 20.0 Å². The highest BCUT2D eigenvalue weighted by molar-refractivity contribution is 6.31. The first-order valence-corrected chi connectivity index (χ1v) is 11.4. The Morgan fingerprint density at radius 1 is 1.00 bits per heavy atom. The molecule has 162 valence electrons. The second-order valence-electron chi connectivity index (χ2n) is 8.31. The van der Waals surface area contributed by atoms with Gasteiger partial charge in [-0.05, 0) is 49.0 Å². The number of carbonyl (C=O) groups excluding carboxylic acids is 1. The van der Waals surface area contributed by atoms with Gasteiger partial charge in [0.1, 0.15) is 0 Å². The summed E-state index contributed by atoms with van der Waals surface area (Å²) < 4.78 is 2.28. The normalized spacial score (nSPS) is 17.1. The summed E-state index contributed by atoms with van der Waals surface area (Å²) in [6, 6.07) is 16.2. The van der Waals surface area contributed by atoms with E-state index in [1.165, 1.54) is 11.2 Å². The van der Waals surface area contributed by atoms with Gasteiger partial charge in [0.2, 0.25) is 0 Å². The fourth-order valence-electron chi connectivity index (χ4n) is 4.67. The summed E-state index contributed by atoms with van der Waals surface area (Å²) in [5, 5.41) is 4.97. The lowest BCUT2D eigenvalue weighted by atomic mass is 10.2. The maximum Gasteiger partial charge on any atom is 0.322 e. The van der Waals surface area contributed by atoms with Crippen LogP contribution in [0.2, 0.25) is 5.02 Å². The molecular weight excluding hydrogens is 410 g/mol. The van der Waals surface area contributed by atoms with E-state index < -0.39 is 0 Å². The van der Waals surface area contributed by atoms with Crippen molar-refractivity contribution in [3.05, 3.63) is 59.2 Å². The zero-order chi connectivity index (χ0) is 21.4. The number of benzene rings is 2. The highest BCUT2D eigenvalue weighted by Crippen LogP contribution is 2.27. The maximum atomic E-state index is 13.0. The number of halogens is 1. The minimum atomic E-state index is -0.0532. The Morgan fingerprint density at radius 3 is 2.65 bits per heavy atom. The molecule has 0 radical (unpaired) electrons. The third-order valence-corrected chi connectivity index (χ3v) is 6.70. The number of carbonyl (C=O) groups is 1. The molecule has 1 aromatic heterocycles. The van der Waals surface area contributed by atoms with Gasteiger partial charge in [-0.1, -0.05) is 24.6 Å². The van der Waals surface area contributed by atoms with E-state index in [1.54, 1.807) is 0 Å². The Bertz CT molecular complexity index is 1100. The second kappa shape index (κ2) is 8.44. The van der Waals surface area contributed by atoms with Crippen LogP contribution in [0.5, 0.6) is 0 Å². The van der Waals surface area contributed by atoms with Gasteiger partial charge in [-0.15, -0.1) is 0 Å². The number of nitrogens with one attached hydrogen (secondary N) is 1. The number of amides is 2. The summed E-state index contributed by atoms with van der Waals surface area (Å²) in [6.07, 6.45) is 0. The number of aromatic nitrogens is 1. The van der Waals surface area contributed by atoms with Crippen LogP contribution in [-0.2, 0) is 13.1 Å². The Hall–Kier alpha value is -2.70. The third kappa shape index (κ3) is 4.10. The van der Waals surface area contributed by atoms with Gasteiger partial charge in [0.25, 0.3) is 0 Å². The molecular formula is C24H28ClN5O. The fraction of sp³-hybridized carbons (Fsp3) is 0.375. The molecule has 1 saturated heterocycles. The molecule has 0 saturated carbocycles. The van der Waals surface area contributed by atoms with Crippen LogP contribution in [0, 0.1) is 0 Å². The topological polar surface area (TPSA) is 43.8 Å². The standard InChI is InChI=1S/C24H28ClN5O/c1-2-27-8-10-28(11-9-27)21-5-3-4-20(16-21)26-24(31)29-12-13-30-22(17-29)15-18-14-19(25)6-7-23(18)30/h3-7,14-16H,2,8-13,17H2,1H3,(H,26,31). The molecule has 7 heteroatoms. The molecule has 2 aliphatic rings. The molecule has 5 rings (SSSR count). The van der Waals surface area contributed by atoms with E-state index in [0.29, 0.717) is 13.1 Å². The number of anilines is 2. The molecule has 1 fully saturated rings. The van der Waals surface area contributed by atoms with Gasteiger partial charge in [0.05, 0.1) is 6.54 Å². The summed E-state index contributed by atoms with van der Waals surface area (Å²) in [5.74, 6) is 0. The molecule has 0 aliphatic carbocycles. The Labute approximate surface area is 188 Å². The smallest absolute Gasteiger partial charge is 0.322 e. The van der Waals surface area contributed by atoms with E-state index in [-0.39, 0.29) is 6.03 Å². The number of rotatable bonds is 3. The first-order chi connectivity index (χ1) is 15.1. The largest absolute Gasteiger partial charge is 0.369 e. The Balaban J connectivity index is 1.26. The van der Waals surface area contributed by atoms with Gasteiger partial charge in [-0.25, -0.2) is 4.79 Å². The summed E-state index contributed by atoms with van der Waals surface area (Å²) in [6.45, 7) is 9.58. The van der Waals surface area contributed by atoms with Crippen molar-refractivity contribution in [2.24, 2.45) is 0 Å². The van der Waals surface area contributed by atoms with E-state index in [9.17, 15) is 4.79 Å². The zero-order valence-corrected chi connectivity index (χ0v) is 18.6. The predicted molar refractivity (Wildman–Crippen MR) is 127 cm³/mol. The second-order valence-corrected chi connectivity index (χ2v) is 8.75. The highest BCUT2D eigenvalue weighted by Gasteiger charge is 2.23. The molecule has 6 nitrogen and oxygen atoms in total. The number of fused-ring (bicyclic) bond motifs is 3. The molecule has 2 amide bonds. The van der Waals surface area contributed by atoms with E-state index in [2.05, 4.69) is 50.9 Å². The van der Waals surface area contributed by atoms with Gasteiger partial charge in [0, 0.05) is 72.3 Å². The molecule has 0 spiro atoms. The predicted octanol–water partition coefficient (Wildman–Crippen LogP) is 4.48. The van der Waals surface area contributed by atoms with Gasteiger partial charge >= 0.3 is 6.03 Å². The number of likely N-dealkylation sites (N-methyl/N-ethyl adjacent to an activating group) is 1. The first kappa shape index (κ1) is 20.2. The molecule has 0 bridgehead atoms. The molecule has 0 unspecified atom stereocenters. The summed E-state index contributed by atoms with van der Waals surface area (Å²) in [4.78, 5) is 19.7. The zero-order valence-electron chi connectivity index (χ0n) is 17.9. The SMILES string of the molecule is CCN1CCN(c2cccc(NC(=O)N3CCn4c(cc5cc(Cl)ccc54)C3)c2)CC1. The van der Waals surface area contributed by atoms with Crippen LogP contribution in [0.1, 0.15) is 12.6 Å². The monoisotopic (exact) mass is 437 g/mol. The van der Waals surface area contributed by atoms with Crippen LogP contribution in [0.25, 0.3) is 10.9 Å². The minimum absolute atomic E-state index is 0.0532. The molecule has 2 aromatic carbocycles. The minimum Gasteiger partial charge on any atom is -0.369 e.